The van der Waals surface area contributed by atoms with E-state index < -0.39 is 10.4 Å². The first-order chi connectivity index (χ1) is 5.33. The van der Waals surface area contributed by atoms with Crippen molar-refractivity contribution < 1.29 is 17.2 Å². The van der Waals surface area contributed by atoms with Crippen molar-refractivity contribution in [2.75, 3.05) is 6.61 Å². The van der Waals surface area contributed by atoms with Gasteiger partial charge >= 0.3 is 10.4 Å². The van der Waals surface area contributed by atoms with Gasteiger partial charge in [-0.3, -0.25) is 4.55 Å². The maximum absolute atomic E-state index is 9.56. The molecule has 0 aromatic rings. The molecule has 12 heavy (non-hydrogen) atoms. The molecule has 0 aliphatic rings. The summed E-state index contributed by atoms with van der Waals surface area (Å²) < 4.78 is 30.7. The number of nitrogens with two attached hydrogens (primary N) is 1. The maximum Gasteiger partial charge on any atom is 0.397 e. The highest BCUT2D eigenvalue weighted by atomic mass is 32.3. The second-order valence-corrected chi connectivity index (χ2v) is 3.31. The summed E-state index contributed by atoms with van der Waals surface area (Å²) in [7, 11) is -4.17. The molecule has 0 aromatic carbocycles. The van der Waals surface area contributed by atoms with Crippen LogP contribution in [0.1, 0.15) is 27.2 Å². The Balaban J connectivity index is 0. The molecular formula is C6H17NO4S. The summed E-state index contributed by atoms with van der Waals surface area (Å²) in [5, 5.41) is 0. The lowest BCUT2D eigenvalue weighted by atomic mass is 10.3. The van der Waals surface area contributed by atoms with Crippen LogP contribution in [0.4, 0.5) is 0 Å². The molecule has 0 bridgehead atoms. The summed E-state index contributed by atoms with van der Waals surface area (Å²) >= 11 is 0. The topological polar surface area (TPSA) is 89.6 Å². The molecular weight excluding hydrogens is 182 g/mol. The fourth-order valence-electron chi connectivity index (χ4n) is 0.149. The molecule has 0 aliphatic heterocycles. The van der Waals surface area contributed by atoms with Crippen LogP contribution in [-0.4, -0.2) is 25.6 Å². The van der Waals surface area contributed by atoms with E-state index in [0.29, 0.717) is 6.04 Å². The van der Waals surface area contributed by atoms with Gasteiger partial charge in [-0.2, -0.15) is 8.42 Å². The van der Waals surface area contributed by atoms with E-state index in [1.165, 1.54) is 6.92 Å². The summed E-state index contributed by atoms with van der Waals surface area (Å²) in [6.45, 7) is 5.51. The van der Waals surface area contributed by atoms with Crippen molar-refractivity contribution in [3.63, 3.8) is 0 Å². The molecule has 3 N–H and O–H groups in total. The molecule has 1 atom stereocenters. The fourth-order valence-corrected chi connectivity index (χ4v) is 0.447. The standard InChI is InChI=1S/C4H11N.C2H6O4S/c1-3-4(2)5;1-2-6-7(3,4)5/h4H,3,5H2,1-2H3;2H2,1H3,(H,3,4,5). The van der Waals surface area contributed by atoms with Crippen LogP contribution < -0.4 is 5.73 Å². The molecule has 0 saturated heterocycles. The summed E-state index contributed by atoms with van der Waals surface area (Å²) in [6.07, 6.45) is 1.08. The zero-order valence-corrected chi connectivity index (χ0v) is 8.47. The molecule has 0 heterocycles. The molecule has 0 saturated carbocycles. The third kappa shape index (κ3) is 22.5. The number of hydrogen-bond acceptors (Lipinski definition) is 4. The molecule has 0 rings (SSSR count). The molecule has 0 amide bonds. The Labute approximate surface area is 73.9 Å². The fraction of sp³-hybridized carbons (Fsp3) is 1.00. The van der Waals surface area contributed by atoms with Crippen molar-refractivity contribution in [2.45, 2.75) is 33.2 Å². The van der Waals surface area contributed by atoms with Crippen molar-refractivity contribution in [1.29, 1.82) is 0 Å². The van der Waals surface area contributed by atoms with Crippen molar-refractivity contribution >= 4 is 10.4 Å². The smallest absolute Gasteiger partial charge is 0.328 e. The summed E-state index contributed by atoms with van der Waals surface area (Å²) in [4.78, 5) is 0. The highest BCUT2D eigenvalue weighted by Gasteiger charge is 1.98. The molecule has 1 unspecified atom stereocenters. The Kier molecular flexibility index (Phi) is 8.95. The van der Waals surface area contributed by atoms with Crippen LogP contribution in [0, 0.1) is 0 Å². The van der Waals surface area contributed by atoms with E-state index in [9.17, 15) is 8.42 Å². The van der Waals surface area contributed by atoms with Crippen molar-refractivity contribution in [2.24, 2.45) is 5.73 Å². The molecule has 0 fully saturated rings. The van der Waals surface area contributed by atoms with Gasteiger partial charge in [-0.1, -0.05) is 6.92 Å². The number of hydrogen-bond donors (Lipinski definition) is 2. The molecule has 76 valence electrons. The molecule has 5 nitrogen and oxygen atoms in total. The third-order valence-electron chi connectivity index (χ3n) is 0.911. The first kappa shape index (κ1) is 14.4. The van der Waals surface area contributed by atoms with Crippen LogP contribution in [0.15, 0.2) is 0 Å². The predicted octanol–water partition coefficient (Wildman–Crippen LogP) is 0.569. The predicted molar refractivity (Wildman–Crippen MR) is 47.1 cm³/mol. The van der Waals surface area contributed by atoms with E-state index >= 15 is 0 Å². The maximum atomic E-state index is 9.56. The summed E-state index contributed by atoms with van der Waals surface area (Å²) in [5.41, 5.74) is 5.29. The van der Waals surface area contributed by atoms with E-state index in [4.69, 9.17) is 10.3 Å². The van der Waals surface area contributed by atoms with Gasteiger partial charge < -0.3 is 5.73 Å². The second-order valence-electron chi connectivity index (χ2n) is 2.22. The Morgan fingerprint density at radius 3 is 1.83 bits per heavy atom. The van der Waals surface area contributed by atoms with E-state index in [0.717, 1.165) is 6.42 Å². The van der Waals surface area contributed by atoms with Crippen molar-refractivity contribution in [1.82, 2.24) is 0 Å². The first-order valence-corrected chi connectivity index (χ1v) is 5.07. The minimum Gasteiger partial charge on any atom is -0.328 e. The van der Waals surface area contributed by atoms with Crippen LogP contribution in [0.3, 0.4) is 0 Å². The minimum absolute atomic E-state index is 0.0289. The monoisotopic (exact) mass is 199 g/mol. The van der Waals surface area contributed by atoms with Gasteiger partial charge in [0.25, 0.3) is 0 Å². The summed E-state index contributed by atoms with van der Waals surface area (Å²) in [5.74, 6) is 0. The Morgan fingerprint density at radius 1 is 1.50 bits per heavy atom. The van der Waals surface area contributed by atoms with Gasteiger partial charge in [-0.15, -0.1) is 0 Å². The molecule has 0 spiro atoms. The van der Waals surface area contributed by atoms with Gasteiger partial charge in [-0.05, 0) is 20.3 Å². The highest BCUT2D eigenvalue weighted by Crippen LogP contribution is 1.81. The van der Waals surface area contributed by atoms with Gasteiger partial charge in [-0.25, -0.2) is 4.18 Å². The van der Waals surface area contributed by atoms with Crippen LogP contribution >= 0.6 is 0 Å². The van der Waals surface area contributed by atoms with Crippen LogP contribution in [0.5, 0.6) is 0 Å². The van der Waals surface area contributed by atoms with Gasteiger partial charge in [0.1, 0.15) is 0 Å². The van der Waals surface area contributed by atoms with E-state index in [1.807, 2.05) is 6.92 Å². The zero-order valence-electron chi connectivity index (χ0n) is 7.65. The van der Waals surface area contributed by atoms with Gasteiger partial charge in [0, 0.05) is 6.04 Å². The molecule has 0 aliphatic carbocycles. The van der Waals surface area contributed by atoms with Gasteiger partial charge in [0.15, 0.2) is 0 Å². The van der Waals surface area contributed by atoms with Crippen molar-refractivity contribution in [3.05, 3.63) is 0 Å². The number of rotatable bonds is 3. The third-order valence-corrected chi connectivity index (χ3v) is 1.44. The summed E-state index contributed by atoms with van der Waals surface area (Å²) in [6, 6.07) is 0.384. The van der Waals surface area contributed by atoms with Gasteiger partial charge in [0.05, 0.1) is 6.61 Å². The molecule has 6 heteroatoms. The van der Waals surface area contributed by atoms with Crippen LogP contribution in [-0.2, 0) is 14.6 Å². The largest absolute Gasteiger partial charge is 0.397 e. The Morgan fingerprint density at radius 2 is 1.83 bits per heavy atom. The van der Waals surface area contributed by atoms with Crippen LogP contribution in [0.2, 0.25) is 0 Å². The van der Waals surface area contributed by atoms with E-state index in [-0.39, 0.29) is 6.61 Å². The second kappa shape index (κ2) is 7.48. The average Bonchev–Trinajstić information content (AvgIpc) is 1.86. The Hall–Kier alpha value is -0.170. The Bertz CT molecular complexity index is 176. The lowest BCUT2D eigenvalue weighted by molar-refractivity contribution is 0.283. The lowest BCUT2D eigenvalue weighted by Crippen LogP contribution is -2.11. The van der Waals surface area contributed by atoms with Crippen molar-refractivity contribution in [3.8, 4) is 0 Å². The highest BCUT2D eigenvalue weighted by molar-refractivity contribution is 7.80. The van der Waals surface area contributed by atoms with E-state index in [1.54, 1.807) is 0 Å². The first-order valence-electron chi connectivity index (χ1n) is 3.70. The zero-order chi connectivity index (χ0) is 10.2. The SMILES string of the molecule is CCC(C)N.CCOS(=O)(=O)O. The molecule has 0 radical (unpaired) electrons. The normalized spacial score (nSPS) is 13.1. The van der Waals surface area contributed by atoms with E-state index in [2.05, 4.69) is 11.1 Å². The molecule has 0 aromatic heterocycles. The average molecular weight is 199 g/mol. The van der Waals surface area contributed by atoms with Crippen LogP contribution in [0.25, 0.3) is 0 Å². The lowest BCUT2D eigenvalue weighted by Gasteiger charge is -1.91. The quantitative estimate of drug-likeness (QED) is 0.648. The van der Waals surface area contributed by atoms with Gasteiger partial charge in [0.2, 0.25) is 0 Å². The minimum atomic E-state index is -4.17.